The number of piperazine rings is 1. The molecule has 0 spiro atoms. The van der Waals surface area contributed by atoms with Crippen LogP contribution < -0.4 is 15.5 Å². The van der Waals surface area contributed by atoms with Crippen molar-refractivity contribution >= 4 is 11.8 Å². The zero-order chi connectivity index (χ0) is 16.9. The van der Waals surface area contributed by atoms with Crippen LogP contribution in [0.1, 0.15) is 25.8 Å². The molecule has 1 saturated carbocycles. The predicted molar refractivity (Wildman–Crippen MR) is 99.5 cm³/mol. The lowest BCUT2D eigenvalue weighted by atomic mass is 10.2. The largest absolute Gasteiger partial charge is 0.354 e. The van der Waals surface area contributed by atoms with Gasteiger partial charge in [-0.1, -0.05) is 13.8 Å². The van der Waals surface area contributed by atoms with Gasteiger partial charge in [-0.2, -0.15) is 0 Å². The van der Waals surface area contributed by atoms with E-state index in [0.717, 1.165) is 57.0 Å². The van der Waals surface area contributed by atoms with Crippen LogP contribution in [-0.2, 0) is 6.54 Å². The molecule has 1 aromatic heterocycles. The highest BCUT2D eigenvalue weighted by Crippen LogP contribution is 2.28. The minimum atomic E-state index is 0.582. The van der Waals surface area contributed by atoms with Crippen molar-refractivity contribution in [3.63, 3.8) is 0 Å². The van der Waals surface area contributed by atoms with Crippen molar-refractivity contribution in [1.82, 2.24) is 20.5 Å². The number of nitrogens with zero attached hydrogens (tertiary/aromatic N) is 4. The number of pyridine rings is 1. The first kappa shape index (κ1) is 17.0. The number of hydrogen-bond donors (Lipinski definition) is 2. The third kappa shape index (κ3) is 4.38. The molecule has 0 bridgehead atoms. The van der Waals surface area contributed by atoms with Gasteiger partial charge in [-0.25, -0.2) is 4.98 Å². The Hall–Kier alpha value is -1.82. The molecule has 2 fully saturated rings. The smallest absolute Gasteiger partial charge is 0.191 e. The van der Waals surface area contributed by atoms with Gasteiger partial charge in [0.15, 0.2) is 5.96 Å². The summed E-state index contributed by atoms with van der Waals surface area (Å²) >= 11 is 0. The number of anilines is 1. The Morgan fingerprint density at radius 3 is 2.71 bits per heavy atom. The molecule has 2 heterocycles. The molecule has 2 unspecified atom stereocenters. The quantitative estimate of drug-likeness (QED) is 0.629. The van der Waals surface area contributed by atoms with E-state index in [1.165, 1.54) is 12.0 Å². The van der Waals surface area contributed by atoms with E-state index in [2.05, 4.69) is 56.4 Å². The van der Waals surface area contributed by atoms with E-state index < -0.39 is 0 Å². The number of aromatic nitrogens is 1. The van der Waals surface area contributed by atoms with Crippen LogP contribution in [-0.4, -0.2) is 61.7 Å². The Labute approximate surface area is 145 Å². The molecule has 0 amide bonds. The topological polar surface area (TPSA) is 55.8 Å². The summed E-state index contributed by atoms with van der Waals surface area (Å²) in [5.74, 6) is 2.74. The third-order valence-corrected chi connectivity index (χ3v) is 5.07. The number of rotatable bonds is 5. The summed E-state index contributed by atoms with van der Waals surface area (Å²) in [5.41, 5.74) is 1.24. The first-order valence-electron chi connectivity index (χ1n) is 9.09. The van der Waals surface area contributed by atoms with Gasteiger partial charge < -0.3 is 20.4 Å². The second-order valence-corrected chi connectivity index (χ2v) is 6.83. The fraction of sp³-hybridized carbons (Fsp3) is 0.667. The van der Waals surface area contributed by atoms with Crippen LogP contribution >= 0.6 is 0 Å². The van der Waals surface area contributed by atoms with Crippen molar-refractivity contribution in [1.29, 1.82) is 0 Å². The molecule has 6 nitrogen and oxygen atoms in total. The van der Waals surface area contributed by atoms with Crippen LogP contribution in [0, 0.1) is 5.92 Å². The summed E-state index contributed by atoms with van der Waals surface area (Å²) in [7, 11) is 1.83. The van der Waals surface area contributed by atoms with E-state index in [-0.39, 0.29) is 0 Å². The van der Waals surface area contributed by atoms with E-state index >= 15 is 0 Å². The van der Waals surface area contributed by atoms with Gasteiger partial charge in [0.25, 0.3) is 0 Å². The number of aliphatic imine (C=N–C) groups is 1. The van der Waals surface area contributed by atoms with Gasteiger partial charge in [0.1, 0.15) is 5.82 Å². The average molecular weight is 330 g/mol. The van der Waals surface area contributed by atoms with Crippen LogP contribution in [0.3, 0.4) is 0 Å². The Morgan fingerprint density at radius 2 is 2.08 bits per heavy atom. The molecule has 1 aromatic rings. The minimum Gasteiger partial charge on any atom is -0.354 e. The summed E-state index contributed by atoms with van der Waals surface area (Å²) in [6.07, 6.45) is 3.15. The highest BCUT2D eigenvalue weighted by molar-refractivity contribution is 5.80. The Kier molecular flexibility index (Phi) is 5.56. The van der Waals surface area contributed by atoms with E-state index in [0.29, 0.717) is 6.04 Å². The highest BCUT2D eigenvalue weighted by Gasteiger charge is 2.33. The van der Waals surface area contributed by atoms with Gasteiger partial charge in [0, 0.05) is 52.0 Å². The van der Waals surface area contributed by atoms with Crippen LogP contribution in [0.4, 0.5) is 5.82 Å². The van der Waals surface area contributed by atoms with Crippen molar-refractivity contribution in [3.05, 3.63) is 23.9 Å². The normalized spacial score (nSPS) is 24.8. The zero-order valence-electron chi connectivity index (χ0n) is 15.1. The second-order valence-electron chi connectivity index (χ2n) is 6.83. The molecule has 1 aliphatic carbocycles. The molecular formula is C18H30N6. The molecule has 2 N–H and O–H groups in total. The summed E-state index contributed by atoms with van der Waals surface area (Å²) in [6.45, 7) is 10.7. The molecule has 132 valence electrons. The summed E-state index contributed by atoms with van der Waals surface area (Å²) in [4.78, 5) is 13.7. The highest BCUT2D eigenvalue weighted by atomic mass is 15.3. The molecule has 0 radical (unpaired) electrons. The lowest BCUT2D eigenvalue weighted by molar-refractivity contribution is 0.270. The van der Waals surface area contributed by atoms with Gasteiger partial charge in [0.05, 0.1) is 0 Å². The molecular weight excluding hydrogens is 300 g/mol. The summed E-state index contributed by atoms with van der Waals surface area (Å²) in [6, 6.07) is 4.85. The Morgan fingerprint density at radius 1 is 1.33 bits per heavy atom. The standard InChI is InChI=1S/C18H30N6/c1-4-23-7-9-24(10-8-23)17-12-15(5-6-20-17)13-21-18(19-3)22-16-11-14(16)2/h5-6,12,14,16H,4,7-11,13H2,1-3H3,(H2,19,21,22). The summed E-state index contributed by atoms with van der Waals surface area (Å²) in [5, 5.41) is 6.87. The van der Waals surface area contributed by atoms with Gasteiger partial charge in [-0.15, -0.1) is 0 Å². The predicted octanol–water partition coefficient (Wildman–Crippen LogP) is 1.30. The van der Waals surface area contributed by atoms with Crippen molar-refractivity contribution in [3.8, 4) is 0 Å². The maximum Gasteiger partial charge on any atom is 0.191 e. The van der Waals surface area contributed by atoms with E-state index in [9.17, 15) is 0 Å². The lowest BCUT2D eigenvalue weighted by Gasteiger charge is -2.34. The lowest BCUT2D eigenvalue weighted by Crippen LogP contribution is -2.46. The Bertz CT molecular complexity index is 564. The van der Waals surface area contributed by atoms with Gasteiger partial charge in [-0.3, -0.25) is 4.99 Å². The van der Waals surface area contributed by atoms with Gasteiger partial charge in [0.2, 0.25) is 0 Å². The molecule has 6 heteroatoms. The summed E-state index contributed by atoms with van der Waals surface area (Å²) < 4.78 is 0. The second kappa shape index (κ2) is 7.83. The Balaban J connectivity index is 1.53. The van der Waals surface area contributed by atoms with E-state index in [4.69, 9.17) is 0 Å². The van der Waals surface area contributed by atoms with Crippen molar-refractivity contribution in [2.75, 3.05) is 44.7 Å². The molecule has 24 heavy (non-hydrogen) atoms. The van der Waals surface area contributed by atoms with Gasteiger partial charge in [-0.05, 0) is 36.6 Å². The van der Waals surface area contributed by atoms with Crippen LogP contribution in [0.2, 0.25) is 0 Å². The minimum absolute atomic E-state index is 0.582. The monoisotopic (exact) mass is 330 g/mol. The third-order valence-electron chi connectivity index (χ3n) is 5.07. The fourth-order valence-electron chi connectivity index (χ4n) is 3.12. The molecule has 3 rings (SSSR count). The zero-order valence-corrected chi connectivity index (χ0v) is 15.1. The number of hydrogen-bond acceptors (Lipinski definition) is 4. The molecule has 0 aromatic carbocycles. The molecule has 2 aliphatic rings. The van der Waals surface area contributed by atoms with Crippen molar-refractivity contribution < 1.29 is 0 Å². The molecule has 1 aliphatic heterocycles. The van der Waals surface area contributed by atoms with E-state index in [1.807, 2.05) is 13.2 Å². The number of guanidine groups is 1. The van der Waals surface area contributed by atoms with Crippen LogP contribution in [0.15, 0.2) is 23.3 Å². The van der Waals surface area contributed by atoms with Crippen molar-refractivity contribution in [2.45, 2.75) is 32.9 Å². The SMILES string of the molecule is CCN1CCN(c2cc(CNC(=NC)NC3CC3C)ccn2)CC1. The fourth-order valence-corrected chi connectivity index (χ4v) is 3.12. The van der Waals surface area contributed by atoms with E-state index in [1.54, 1.807) is 0 Å². The van der Waals surface area contributed by atoms with Crippen LogP contribution in [0.5, 0.6) is 0 Å². The molecule has 2 atom stereocenters. The number of nitrogens with one attached hydrogen (secondary N) is 2. The first-order valence-corrected chi connectivity index (χ1v) is 9.09. The maximum absolute atomic E-state index is 4.56. The number of likely N-dealkylation sites (N-methyl/N-ethyl adjacent to an activating group) is 1. The first-order chi connectivity index (χ1) is 11.7. The average Bonchev–Trinajstić information content (AvgIpc) is 3.33. The van der Waals surface area contributed by atoms with Gasteiger partial charge >= 0.3 is 0 Å². The van der Waals surface area contributed by atoms with Crippen LogP contribution in [0.25, 0.3) is 0 Å². The molecule has 1 saturated heterocycles. The maximum atomic E-state index is 4.56. The van der Waals surface area contributed by atoms with Crippen molar-refractivity contribution in [2.24, 2.45) is 10.9 Å².